The predicted molar refractivity (Wildman–Crippen MR) is 55.6 cm³/mol. The third-order valence-corrected chi connectivity index (χ3v) is 4.33. The molecule has 0 aliphatic carbocycles. The first kappa shape index (κ1) is 8.90. The second-order valence-electron chi connectivity index (χ2n) is 2.85. The molecule has 1 aliphatic rings. The molecule has 0 aromatic carbocycles. The Morgan fingerprint density at radius 2 is 2.31 bits per heavy atom. The number of aryl methyl sites for hydroxylation is 1. The van der Waals surface area contributed by atoms with Crippen molar-refractivity contribution in [2.75, 3.05) is 11.5 Å². The van der Waals surface area contributed by atoms with Crippen LogP contribution >= 0.6 is 23.1 Å². The molecule has 2 heterocycles. The lowest BCUT2D eigenvalue weighted by Crippen LogP contribution is -2.02. The summed E-state index contributed by atoms with van der Waals surface area (Å²) in [7, 11) is 0. The number of nitrogen functional groups attached to an aromatic ring is 1. The van der Waals surface area contributed by atoms with E-state index in [1.807, 2.05) is 11.8 Å². The number of hydrogen-bond acceptors (Lipinski definition) is 4. The van der Waals surface area contributed by atoms with E-state index in [0.717, 1.165) is 28.4 Å². The van der Waals surface area contributed by atoms with Crippen molar-refractivity contribution in [2.45, 2.75) is 12.2 Å². The molecule has 5 heteroatoms. The molecule has 0 unspecified atom stereocenters. The normalized spacial score (nSPS) is 15.4. The first-order valence-electron chi connectivity index (χ1n) is 3.91. The van der Waals surface area contributed by atoms with E-state index in [-0.39, 0.29) is 0 Å². The third kappa shape index (κ3) is 1.42. The van der Waals surface area contributed by atoms with Crippen LogP contribution < -0.4 is 5.73 Å². The van der Waals surface area contributed by atoms with Gasteiger partial charge in [-0.05, 0) is 17.7 Å². The van der Waals surface area contributed by atoms with Crippen LogP contribution in [0, 0.1) is 0 Å². The summed E-state index contributed by atoms with van der Waals surface area (Å²) in [6.45, 7) is 0. The average Bonchev–Trinajstić information content (AvgIpc) is 2.45. The largest absolute Gasteiger partial charge is 0.477 e. The van der Waals surface area contributed by atoms with Gasteiger partial charge < -0.3 is 10.8 Å². The first-order chi connectivity index (χ1) is 6.20. The van der Waals surface area contributed by atoms with Crippen molar-refractivity contribution < 1.29 is 9.90 Å². The van der Waals surface area contributed by atoms with Crippen molar-refractivity contribution in [2.24, 2.45) is 0 Å². The molecule has 70 valence electrons. The predicted octanol–water partition coefficient (Wildman–Crippen LogP) is 1.82. The lowest BCUT2D eigenvalue weighted by Gasteiger charge is -2.10. The maximum absolute atomic E-state index is 10.8. The molecule has 0 amide bonds. The summed E-state index contributed by atoms with van der Waals surface area (Å²) in [5.74, 6) is 1.04. The molecule has 1 aromatic heterocycles. The van der Waals surface area contributed by atoms with Crippen LogP contribution in [0.5, 0.6) is 0 Å². The Hall–Kier alpha value is -0.680. The van der Waals surface area contributed by atoms with E-state index in [0.29, 0.717) is 10.6 Å². The number of thioether (sulfide) groups is 1. The fourth-order valence-corrected chi connectivity index (χ4v) is 3.71. The second-order valence-corrected chi connectivity index (χ2v) is 5.06. The summed E-state index contributed by atoms with van der Waals surface area (Å²) in [6.07, 6.45) is 0.960. The minimum Gasteiger partial charge on any atom is -0.477 e. The summed E-state index contributed by atoms with van der Waals surface area (Å²) in [5.41, 5.74) is 7.28. The number of carboxylic acids is 1. The highest BCUT2D eigenvalue weighted by Gasteiger charge is 2.22. The summed E-state index contributed by atoms with van der Waals surface area (Å²) >= 11 is 3.14. The fourth-order valence-electron chi connectivity index (χ4n) is 1.39. The van der Waals surface area contributed by atoms with Gasteiger partial charge in [0, 0.05) is 10.6 Å². The van der Waals surface area contributed by atoms with Crippen LogP contribution in [0.3, 0.4) is 0 Å². The van der Waals surface area contributed by atoms with E-state index in [9.17, 15) is 4.79 Å². The molecular weight excluding hydrogens is 206 g/mol. The number of hydrogen-bond donors (Lipinski definition) is 2. The lowest BCUT2D eigenvalue weighted by atomic mass is 10.2. The number of nitrogens with two attached hydrogens (primary N) is 1. The van der Waals surface area contributed by atoms with Gasteiger partial charge in [0.25, 0.3) is 0 Å². The van der Waals surface area contributed by atoms with Gasteiger partial charge in [-0.1, -0.05) is 0 Å². The van der Waals surface area contributed by atoms with Crippen LogP contribution in [0.15, 0.2) is 0 Å². The van der Waals surface area contributed by atoms with Gasteiger partial charge in [0.2, 0.25) is 0 Å². The van der Waals surface area contributed by atoms with Crippen LogP contribution in [0.1, 0.15) is 20.1 Å². The summed E-state index contributed by atoms with van der Waals surface area (Å²) in [4.78, 5) is 12.2. The smallest absolute Gasteiger partial charge is 0.348 e. The highest BCUT2D eigenvalue weighted by atomic mass is 32.2. The number of fused-ring (bicyclic) bond motifs is 1. The van der Waals surface area contributed by atoms with Crippen LogP contribution in [-0.4, -0.2) is 16.8 Å². The molecule has 13 heavy (non-hydrogen) atoms. The van der Waals surface area contributed by atoms with Gasteiger partial charge in [-0.3, -0.25) is 0 Å². The van der Waals surface area contributed by atoms with Crippen molar-refractivity contribution in [1.82, 2.24) is 0 Å². The zero-order valence-corrected chi connectivity index (χ0v) is 8.50. The Kier molecular flexibility index (Phi) is 2.21. The van der Waals surface area contributed by atoms with E-state index >= 15 is 0 Å². The van der Waals surface area contributed by atoms with Crippen molar-refractivity contribution in [1.29, 1.82) is 0 Å². The molecule has 1 aliphatic heterocycles. The van der Waals surface area contributed by atoms with Crippen LogP contribution in [0.25, 0.3) is 0 Å². The number of carbonyl (C=O) groups is 1. The van der Waals surface area contributed by atoms with Gasteiger partial charge in [-0.2, -0.15) is 11.8 Å². The average molecular weight is 215 g/mol. The lowest BCUT2D eigenvalue weighted by molar-refractivity contribution is 0.0703. The number of thiophene rings is 1. The quantitative estimate of drug-likeness (QED) is 0.750. The van der Waals surface area contributed by atoms with Gasteiger partial charge in [-0.25, -0.2) is 4.79 Å². The van der Waals surface area contributed by atoms with Gasteiger partial charge >= 0.3 is 5.97 Å². The third-order valence-electron chi connectivity index (χ3n) is 2.05. The number of rotatable bonds is 1. The Bertz CT molecular complexity index is 359. The molecule has 3 nitrogen and oxygen atoms in total. The van der Waals surface area contributed by atoms with Crippen molar-refractivity contribution in [3.63, 3.8) is 0 Å². The van der Waals surface area contributed by atoms with E-state index in [1.54, 1.807) is 0 Å². The van der Waals surface area contributed by atoms with Gasteiger partial charge in [0.05, 0.1) is 5.69 Å². The topological polar surface area (TPSA) is 63.3 Å². The molecule has 0 spiro atoms. The highest BCUT2D eigenvalue weighted by molar-refractivity contribution is 7.98. The highest BCUT2D eigenvalue weighted by Crippen LogP contribution is 2.37. The van der Waals surface area contributed by atoms with Crippen LogP contribution in [0.4, 0.5) is 5.69 Å². The Morgan fingerprint density at radius 1 is 1.54 bits per heavy atom. The molecule has 0 radical (unpaired) electrons. The summed E-state index contributed by atoms with van der Waals surface area (Å²) in [6, 6.07) is 0. The molecular formula is C8H9NO2S2. The first-order valence-corrected chi connectivity index (χ1v) is 5.88. The zero-order chi connectivity index (χ0) is 9.42. The molecule has 0 atom stereocenters. The maximum Gasteiger partial charge on any atom is 0.348 e. The van der Waals surface area contributed by atoms with Gasteiger partial charge in [0.1, 0.15) is 4.88 Å². The number of carboxylic acid groups (broad SMARTS) is 1. The van der Waals surface area contributed by atoms with Crippen molar-refractivity contribution >= 4 is 34.8 Å². The van der Waals surface area contributed by atoms with E-state index < -0.39 is 5.97 Å². The molecule has 2 rings (SSSR count). The van der Waals surface area contributed by atoms with Crippen molar-refractivity contribution in [3.05, 3.63) is 15.3 Å². The monoisotopic (exact) mass is 215 g/mol. The van der Waals surface area contributed by atoms with Crippen LogP contribution in [0.2, 0.25) is 0 Å². The molecule has 0 saturated heterocycles. The van der Waals surface area contributed by atoms with Gasteiger partial charge in [-0.15, -0.1) is 11.3 Å². The minimum absolute atomic E-state index is 0.313. The summed E-state index contributed by atoms with van der Waals surface area (Å²) in [5, 5.41) is 8.84. The number of anilines is 1. The zero-order valence-electron chi connectivity index (χ0n) is 6.87. The standard InChI is InChI=1S/C8H9NO2S2/c9-6-4-3-12-2-1-5(4)13-7(6)8(10)11/h1-3,9H2,(H,10,11). The SMILES string of the molecule is Nc1c(C(=O)O)sc2c1CSCC2. The molecule has 0 bridgehead atoms. The van der Waals surface area contributed by atoms with Gasteiger partial charge in [0.15, 0.2) is 0 Å². The Labute approximate surface area is 83.9 Å². The van der Waals surface area contributed by atoms with E-state index in [2.05, 4.69) is 0 Å². The number of aromatic carboxylic acids is 1. The fraction of sp³-hybridized carbons (Fsp3) is 0.375. The van der Waals surface area contributed by atoms with Crippen LogP contribution in [-0.2, 0) is 12.2 Å². The minimum atomic E-state index is -0.901. The molecule has 0 fully saturated rings. The van der Waals surface area contributed by atoms with Crippen molar-refractivity contribution in [3.8, 4) is 0 Å². The maximum atomic E-state index is 10.8. The molecule has 0 saturated carbocycles. The van der Waals surface area contributed by atoms with E-state index in [4.69, 9.17) is 10.8 Å². The second kappa shape index (κ2) is 3.23. The Balaban J connectivity index is 2.50. The summed E-state index contributed by atoms with van der Waals surface area (Å²) < 4.78 is 0. The van der Waals surface area contributed by atoms with E-state index in [1.165, 1.54) is 11.3 Å². The molecule has 1 aromatic rings. The Morgan fingerprint density at radius 3 is 2.92 bits per heavy atom. The molecule has 3 N–H and O–H groups in total.